The van der Waals surface area contributed by atoms with Gasteiger partial charge >= 0.3 is 11.9 Å². The summed E-state index contributed by atoms with van der Waals surface area (Å²) < 4.78 is 24.8. The Bertz CT molecular complexity index is 1290. The molecular weight excluding hydrogens is 419 g/mol. The van der Waals surface area contributed by atoms with E-state index < -0.39 is 17.8 Å². The highest BCUT2D eigenvalue weighted by molar-refractivity contribution is 5.89. The minimum Gasteiger partial charge on any atom is -0.423 e. The summed E-state index contributed by atoms with van der Waals surface area (Å²) in [6.07, 6.45) is 0. The van der Waals surface area contributed by atoms with E-state index in [0.29, 0.717) is 16.9 Å². The standard InChI is InChI=1S/C28H25FO4/c1-16(2)27(30)32-22-9-11-24(19(6)14-22)23-10-7-20(13-18(23)5)21-8-12-26(25(29)15-21)33-28(31)17(3)4/h7-15H,1,3H2,2,4-6H3. The van der Waals surface area contributed by atoms with Crippen molar-refractivity contribution in [2.24, 2.45) is 0 Å². The molecule has 0 unspecified atom stereocenters. The largest absolute Gasteiger partial charge is 0.423 e. The van der Waals surface area contributed by atoms with Crippen LogP contribution in [-0.4, -0.2) is 11.9 Å². The molecule has 0 N–H and O–H groups in total. The molecule has 5 heteroatoms. The third kappa shape index (κ3) is 5.44. The summed E-state index contributed by atoms with van der Waals surface area (Å²) in [6.45, 7) is 14.1. The molecule has 0 aliphatic rings. The molecule has 0 heterocycles. The van der Waals surface area contributed by atoms with Gasteiger partial charge in [-0.25, -0.2) is 14.0 Å². The second-order valence-corrected chi connectivity index (χ2v) is 7.99. The predicted octanol–water partition coefficient (Wildman–Crippen LogP) is 6.74. The van der Waals surface area contributed by atoms with E-state index in [-0.39, 0.29) is 11.3 Å². The molecule has 3 aromatic carbocycles. The number of hydrogen-bond acceptors (Lipinski definition) is 4. The van der Waals surface area contributed by atoms with Crippen LogP contribution in [0, 0.1) is 19.7 Å². The molecule has 4 nitrogen and oxygen atoms in total. The summed E-state index contributed by atoms with van der Waals surface area (Å²) in [5.41, 5.74) is 5.99. The highest BCUT2D eigenvalue weighted by Crippen LogP contribution is 2.33. The molecule has 0 fully saturated rings. The molecule has 0 spiro atoms. The van der Waals surface area contributed by atoms with E-state index in [9.17, 15) is 14.0 Å². The molecule has 0 amide bonds. The van der Waals surface area contributed by atoms with Crippen LogP contribution in [0.15, 0.2) is 78.9 Å². The van der Waals surface area contributed by atoms with Crippen molar-refractivity contribution in [2.45, 2.75) is 27.7 Å². The second kappa shape index (κ2) is 9.65. The maximum atomic E-state index is 14.5. The number of halogens is 1. The smallest absolute Gasteiger partial charge is 0.338 e. The molecule has 0 saturated carbocycles. The van der Waals surface area contributed by atoms with E-state index in [4.69, 9.17) is 9.47 Å². The van der Waals surface area contributed by atoms with Crippen LogP contribution in [0.5, 0.6) is 11.5 Å². The number of ether oxygens (including phenoxy) is 2. The van der Waals surface area contributed by atoms with Crippen LogP contribution in [0.2, 0.25) is 0 Å². The van der Waals surface area contributed by atoms with Gasteiger partial charge in [-0.05, 0) is 85.3 Å². The maximum absolute atomic E-state index is 14.5. The molecule has 168 valence electrons. The lowest BCUT2D eigenvalue weighted by atomic mass is 9.93. The molecule has 0 aliphatic heterocycles. The number of carbonyl (C=O) groups excluding carboxylic acids is 2. The van der Waals surface area contributed by atoms with Gasteiger partial charge in [0.15, 0.2) is 11.6 Å². The molecular formula is C28H25FO4. The van der Waals surface area contributed by atoms with Gasteiger partial charge in [-0.2, -0.15) is 0 Å². The van der Waals surface area contributed by atoms with Crippen molar-refractivity contribution in [3.8, 4) is 33.8 Å². The van der Waals surface area contributed by atoms with E-state index in [1.165, 1.54) is 19.1 Å². The van der Waals surface area contributed by atoms with Crippen molar-refractivity contribution in [1.82, 2.24) is 0 Å². The van der Waals surface area contributed by atoms with Crippen molar-refractivity contribution < 1.29 is 23.5 Å². The van der Waals surface area contributed by atoms with E-state index in [1.807, 2.05) is 44.2 Å². The summed E-state index contributed by atoms with van der Waals surface area (Å²) >= 11 is 0. The normalized spacial score (nSPS) is 10.5. The van der Waals surface area contributed by atoms with Gasteiger partial charge in [0.05, 0.1) is 0 Å². The molecule has 0 aliphatic carbocycles. The van der Waals surface area contributed by atoms with Crippen LogP contribution in [-0.2, 0) is 9.59 Å². The van der Waals surface area contributed by atoms with Gasteiger partial charge < -0.3 is 9.47 Å². The van der Waals surface area contributed by atoms with Crippen LogP contribution in [0.3, 0.4) is 0 Å². The van der Waals surface area contributed by atoms with Crippen LogP contribution < -0.4 is 9.47 Å². The first kappa shape index (κ1) is 23.7. The molecule has 3 aromatic rings. The summed E-state index contributed by atoms with van der Waals surface area (Å²) in [5, 5.41) is 0. The Kier molecular flexibility index (Phi) is 6.92. The monoisotopic (exact) mass is 444 g/mol. The summed E-state index contributed by atoms with van der Waals surface area (Å²) in [7, 11) is 0. The molecule has 0 atom stereocenters. The number of rotatable bonds is 6. The topological polar surface area (TPSA) is 52.6 Å². The third-order valence-electron chi connectivity index (χ3n) is 5.09. The maximum Gasteiger partial charge on any atom is 0.338 e. The average molecular weight is 445 g/mol. The van der Waals surface area contributed by atoms with Crippen LogP contribution in [0.25, 0.3) is 22.3 Å². The van der Waals surface area contributed by atoms with Gasteiger partial charge in [-0.1, -0.05) is 43.5 Å². The van der Waals surface area contributed by atoms with Gasteiger partial charge in [0.2, 0.25) is 0 Å². The van der Waals surface area contributed by atoms with Crippen molar-refractivity contribution in [2.75, 3.05) is 0 Å². The number of carbonyl (C=O) groups is 2. The van der Waals surface area contributed by atoms with Gasteiger partial charge in [-0.15, -0.1) is 0 Å². The predicted molar refractivity (Wildman–Crippen MR) is 128 cm³/mol. The van der Waals surface area contributed by atoms with Crippen molar-refractivity contribution >= 4 is 11.9 Å². The fraction of sp³-hybridized carbons (Fsp3) is 0.143. The number of benzene rings is 3. The van der Waals surface area contributed by atoms with E-state index >= 15 is 0 Å². The van der Waals surface area contributed by atoms with Crippen LogP contribution >= 0.6 is 0 Å². The van der Waals surface area contributed by atoms with Crippen molar-refractivity contribution in [3.05, 3.63) is 95.8 Å². The first-order chi connectivity index (χ1) is 15.6. The Balaban J connectivity index is 1.87. The Morgan fingerprint density at radius 3 is 1.79 bits per heavy atom. The Hall–Kier alpha value is -3.99. The Morgan fingerprint density at radius 2 is 1.24 bits per heavy atom. The zero-order valence-corrected chi connectivity index (χ0v) is 19.1. The zero-order chi connectivity index (χ0) is 24.3. The lowest BCUT2D eigenvalue weighted by Gasteiger charge is -2.13. The zero-order valence-electron chi connectivity index (χ0n) is 19.1. The highest BCUT2D eigenvalue weighted by Gasteiger charge is 2.13. The average Bonchev–Trinajstić information content (AvgIpc) is 2.75. The van der Waals surface area contributed by atoms with E-state index in [0.717, 1.165) is 27.8 Å². The van der Waals surface area contributed by atoms with Gasteiger partial charge in [-0.3, -0.25) is 0 Å². The quantitative estimate of drug-likeness (QED) is 0.240. The van der Waals surface area contributed by atoms with E-state index in [1.54, 1.807) is 19.1 Å². The van der Waals surface area contributed by atoms with Gasteiger partial charge in [0.25, 0.3) is 0 Å². The molecule has 0 radical (unpaired) electrons. The van der Waals surface area contributed by atoms with Crippen LogP contribution in [0.1, 0.15) is 25.0 Å². The molecule has 0 bridgehead atoms. The summed E-state index contributed by atoms with van der Waals surface area (Å²) in [4.78, 5) is 23.4. The van der Waals surface area contributed by atoms with Crippen molar-refractivity contribution in [1.29, 1.82) is 0 Å². The van der Waals surface area contributed by atoms with Crippen molar-refractivity contribution in [3.63, 3.8) is 0 Å². The molecule has 0 aromatic heterocycles. The lowest BCUT2D eigenvalue weighted by molar-refractivity contribution is -0.131. The third-order valence-corrected chi connectivity index (χ3v) is 5.09. The fourth-order valence-corrected chi connectivity index (χ4v) is 3.29. The highest BCUT2D eigenvalue weighted by atomic mass is 19.1. The minimum atomic E-state index is -0.669. The first-order valence-corrected chi connectivity index (χ1v) is 10.3. The SMILES string of the molecule is C=C(C)C(=O)Oc1ccc(-c2ccc(-c3ccc(OC(=O)C(=C)C)c(F)c3)cc2C)c(C)c1. The molecule has 0 saturated heterocycles. The number of aryl methyl sites for hydroxylation is 2. The number of esters is 2. The number of hydrogen-bond donors (Lipinski definition) is 0. The minimum absolute atomic E-state index is 0.136. The van der Waals surface area contributed by atoms with E-state index in [2.05, 4.69) is 13.2 Å². The van der Waals surface area contributed by atoms with Gasteiger partial charge in [0, 0.05) is 11.1 Å². The lowest BCUT2D eigenvalue weighted by Crippen LogP contribution is -2.09. The summed E-state index contributed by atoms with van der Waals surface area (Å²) in [6, 6.07) is 15.8. The van der Waals surface area contributed by atoms with Gasteiger partial charge in [0.1, 0.15) is 5.75 Å². The molecule has 3 rings (SSSR count). The van der Waals surface area contributed by atoms with Crippen LogP contribution in [0.4, 0.5) is 4.39 Å². The fourth-order valence-electron chi connectivity index (χ4n) is 3.29. The first-order valence-electron chi connectivity index (χ1n) is 10.3. The molecule has 33 heavy (non-hydrogen) atoms. The Labute approximate surface area is 193 Å². The second-order valence-electron chi connectivity index (χ2n) is 7.99. The summed E-state index contributed by atoms with van der Waals surface area (Å²) in [5.74, 6) is -1.43. The Morgan fingerprint density at radius 1 is 0.727 bits per heavy atom.